The number of rotatable bonds is 2. The predicted molar refractivity (Wildman–Crippen MR) is 68.3 cm³/mol. The van der Waals surface area contributed by atoms with Crippen LogP contribution in [0.2, 0.25) is 0 Å². The summed E-state index contributed by atoms with van der Waals surface area (Å²) in [5.41, 5.74) is 5.63. The van der Waals surface area contributed by atoms with Crippen molar-refractivity contribution in [2.45, 2.75) is 17.1 Å². The predicted octanol–water partition coefficient (Wildman–Crippen LogP) is 0.128. The molecule has 0 spiro atoms. The van der Waals surface area contributed by atoms with E-state index in [0.717, 1.165) is 5.75 Å². The molecule has 1 aromatic heterocycles. The van der Waals surface area contributed by atoms with E-state index in [1.165, 1.54) is 15.2 Å². The van der Waals surface area contributed by atoms with E-state index in [2.05, 4.69) is 5.10 Å². The van der Waals surface area contributed by atoms with Gasteiger partial charge >= 0.3 is 0 Å². The normalized spacial score (nSPS) is 22.8. The Morgan fingerprint density at radius 2 is 2.29 bits per heavy atom. The third-order valence-corrected chi connectivity index (χ3v) is 5.66. The van der Waals surface area contributed by atoms with Crippen molar-refractivity contribution in [3.63, 3.8) is 0 Å². The molecule has 1 atom stereocenters. The third-order valence-electron chi connectivity index (χ3n) is 2.64. The molecule has 0 aliphatic carbocycles. The summed E-state index contributed by atoms with van der Waals surface area (Å²) < 4.78 is 27.6. The highest BCUT2D eigenvalue weighted by Gasteiger charge is 2.31. The number of nitrogen functional groups attached to an aromatic ring is 1. The summed E-state index contributed by atoms with van der Waals surface area (Å²) in [6.45, 7) is 3.09. The van der Waals surface area contributed by atoms with Crippen molar-refractivity contribution in [1.82, 2.24) is 14.1 Å². The second-order valence-electron chi connectivity index (χ2n) is 4.10. The molecule has 8 heteroatoms. The molecule has 0 amide bonds. The maximum absolute atomic E-state index is 12.4. The van der Waals surface area contributed by atoms with Gasteiger partial charge in [0.25, 0.3) is 0 Å². The number of nitrogens with two attached hydrogens (primary N) is 1. The van der Waals surface area contributed by atoms with Crippen molar-refractivity contribution in [1.29, 1.82) is 0 Å². The minimum atomic E-state index is -3.49. The third kappa shape index (κ3) is 2.43. The molecule has 1 fully saturated rings. The molecule has 2 heterocycles. The SMILES string of the molecule is CC1CN(S(=O)(=O)c2cn(C)nc2N)CCS1. The number of anilines is 1. The van der Waals surface area contributed by atoms with Crippen molar-refractivity contribution >= 4 is 27.6 Å². The van der Waals surface area contributed by atoms with Crippen LogP contribution in [0.1, 0.15) is 6.92 Å². The van der Waals surface area contributed by atoms with Crippen LogP contribution in [0.3, 0.4) is 0 Å². The maximum atomic E-state index is 12.4. The van der Waals surface area contributed by atoms with E-state index in [4.69, 9.17) is 5.73 Å². The van der Waals surface area contributed by atoms with Gasteiger partial charge in [-0.3, -0.25) is 4.68 Å². The first-order valence-electron chi connectivity index (χ1n) is 5.32. The van der Waals surface area contributed by atoms with Gasteiger partial charge in [-0.2, -0.15) is 21.2 Å². The van der Waals surface area contributed by atoms with Crippen LogP contribution in [0, 0.1) is 0 Å². The van der Waals surface area contributed by atoms with E-state index >= 15 is 0 Å². The first kappa shape index (κ1) is 12.7. The first-order valence-corrected chi connectivity index (χ1v) is 7.81. The average Bonchev–Trinajstić information content (AvgIpc) is 2.58. The van der Waals surface area contributed by atoms with E-state index in [1.54, 1.807) is 18.8 Å². The Morgan fingerprint density at radius 1 is 1.59 bits per heavy atom. The van der Waals surface area contributed by atoms with Gasteiger partial charge in [0.05, 0.1) is 0 Å². The average molecular weight is 276 g/mol. The quantitative estimate of drug-likeness (QED) is 0.830. The van der Waals surface area contributed by atoms with Crippen LogP contribution >= 0.6 is 11.8 Å². The van der Waals surface area contributed by atoms with Crippen molar-refractivity contribution in [2.24, 2.45) is 7.05 Å². The number of sulfonamides is 1. The molecule has 0 radical (unpaired) electrons. The number of nitrogens with zero attached hydrogens (tertiary/aromatic N) is 3. The first-order chi connectivity index (χ1) is 7.91. The Kier molecular flexibility index (Phi) is 3.37. The van der Waals surface area contributed by atoms with Gasteiger partial charge in [-0.15, -0.1) is 0 Å². The highest BCUT2D eigenvalue weighted by molar-refractivity contribution is 8.00. The summed E-state index contributed by atoms with van der Waals surface area (Å²) in [5.74, 6) is 0.888. The maximum Gasteiger partial charge on any atom is 0.248 e. The van der Waals surface area contributed by atoms with Gasteiger partial charge in [0.15, 0.2) is 5.82 Å². The highest BCUT2D eigenvalue weighted by Crippen LogP contribution is 2.26. The topological polar surface area (TPSA) is 81.2 Å². The summed E-state index contributed by atoms with van der Waals surface area (Å²) in [7, 11) is -1.84. The minimum absolute atomic E-state index is 0.0679. The lowest BCUT2D eigenvalue weighted by atomic mass is 10.4. The second kappa shape index (κ2) is 4.51. The largest absolute Gasteiger partial charge is 0.381 e. The molecule has 1 aliphatic heterocycles. The zero-order chi connectivity index (χ0) is 12.6. The van der Waals surface area contributed by atoms with Crippen LogP contribution in [-0.2, 0) is 17.1 Å². The van der Waals surface area contributed by atoms with Crippen LogP contribution in [0.5, 0.6) is 0 Å². The molecule has 6 nitrogen and oxygen atoms in total. The fraction of sp³-hybridized carbons (Fsp3) is 0.667. The second-order valence-corrected chi connectivity index (χ2v) is 7.55. The Bertz CT molecular complexity index is 511. The molecule has 2 N–H and O–H groups in total. The van der Waals surface area contributed by atoms with E-state index in [0.29, 0.717) is 18.3 Å². The Balaban J connectivity index is 2.33. The van der Waals surface area contributed by atoms with E-state index in [9.17, 15) is 8.42 Å². The Hall–Kier alpha value is -0.730. The van der Waals surface area contributed by atoms with Crippen LogP contribution in [0.25, 0.3) is 0 Å². The van der Waals surface area contributed by atoms with Crippen LogP contribution < -0.4 is 5.73 Å². The lowest BCUT2D eigenvalue weighted by molar-refractivity contribution is 0.424. The molecule has 0 bridgehead atoms. The number of aromatic nitrogens is 2. The molecular formula is C9H16N4O2S2. The number of thioether (sulfide) groups is 1. The zero-order valence-electron chi connectivity index (χ0n) is 9.83. The van der Waals surface area contributed by atoms with Gasteiger partial charge < -0.3 is 5.73 Å². The monoisotopic (exact) mass is 276 g/mol. The fourth-order valence-corrected chi connectivity index (χ4v) is 4.67. The van der Waals surface area contributed by atoms with Gasteiger partial charge in [0.1, 0.15) is 4.90 Å². The molecule has 1 aliphatic rings. The van der Waals surface area contributed by atoms with Gasteiger partial charge in [0, 0.05) is 37.3 Å². The molecule has 96 valence electrons. The summed E-state index contributed by atoms with van der Waals surface area (Å²) in [5, 5.41) is 4.19. The minimum Gasteiger partial charge on any atom is -0.381 e. The highest BCUT2D eigenvalue weighted by atomic mass is 32.2. The fourth-order valence-electron chi connectivity index (χ4n) is 1.83. The molecule has 0 saturated carbocycles. The van der Waals surface area contributed by atoms with Crippen LogP contribution in [0.4, 0.5) is 5.82 Å². The van der Waals surface area contributed by atoms with Gasteiger partial charge in [0.2, 0.25) is 10.0 Å². The Morgan fingerprint density at radius 3 is 2.82 bits per heavy atom. The molecule has 1 saturated heterocycles. The Labute approximate surface area is 105 Å². The van der Waals surface area contributed by atoms with Gasteiger partial charge in [-0.25, -0.2) is 8.42 Å². The summed E-state index contributed by atoms with van der Waals surface area (Å²) >= 11 is 1.78. The standard InChI is InChI=1S/C9H16N4O2S2/c1-7-5-13(3-4-16-7)17(14,15)8-6-12(2)11-9(8)10/h6-7H,3-5H2,1-2H3,(H2,10,11). The van der Waals surface area contributed by atoms with E-state index in [-0.39, 0.29) is 10.7 Å². The van der Waals surface area contributed by atoms with Gasteiger partial charge in [-0.1, -0.05) is 6.92 Å². The van der Waals surface area contributed by atoms with Crippen LogP contribution in [-0.4, -0.2) is 46.6 Å². The number of aryl methyl sites for hydroxylation is 1. The lowest BCUT2D eigenvalue weighted by Crippen LogP contribution is -2.41. The van der Waals surface area contributed by atoms with E-state index < -0.39 is 10.0 Å². The van der Waals surface area contributed by atoms with Crippen LogP contribution in [0.15, 0.2) is 11.1 Å². The van der Waals surface area contributed by atoms with Crippen molar-refractivity contribution in [3.8, 4) is 0 Å². The van der Waals surface area contributed by atoms with Crippen molar-refractivity contribution < 1.29 is 8.42 Å². The summed E-state index contributed by atoms with van der Waals surface area (Å²) in [4.78, 5) is 0.110. The summed E-state index contributed by atoms with van der Waals surface area (Å²) in [6, 6.07) is 0. The number of hydrogen-bond donors (Lipinski definition) is 1. The summed E-state index contributed by atoms with van der Waals surface area (Å²) in [6.07, 6.45) is 1.46. The number of hydrogen-bond acceptors (Lipinski definition) is 5. The zero-order valence-corrected chi connectivity index (χ0v) is 11.5. The molecule has 1 unspecified atom stereocenters. The molecule has 0 aromatic carbocycles. The molecule has 1 aromatic rings. The van der Waals surface area contributed by atoms with Gasteiger partial charge in [-0.05, 0) is 0 Å². The van der Waals surface area contributed by atoms with E-state index in [1.807, 2.05) is 6.92 Å². The molecular weight excluding hydrogens is 260 g/mol. The smallest absolute Gasteiger partial charge is 0.248 e. The molecule has 2 rings (SSSR count). The lowest BCUT2D eigenvalue weighted by Gasteiger charge is -2.29. The van der Waals surface area contributed by atoms with Crippen molar-refractivity contribution in [2.75, 3.05) is 24.6 Å². The van der Waals surface area contributed by atoms with Crippen molar-refractivity contribution in [3.05, 3.63) is 6.20 Å². The molecule has 17 heavy (non-hydrogen) atoms.